The van der Waals surface area contributed by atoms with Gasteiger partial charge in [-0.05, 0) is 44.4 Å². The van der Waals surface area contributed by atoms with Crippen LogP contribution in [0.3, 0.4) is 0 Å². The summed E-state index contributed by atoms with van der Waals surface area (Å²) in [4.78, 5) is 0. The number of unbranched alkanes of at least 4 members (excludes halogenated alkanes) is 2. The van der Waals surface area contributed by atoms with E-state index in [4.69, 9.17) is 5.11 Å². The summed E-state index contributed by atoms with van der Waals surface area (Å²) in [6, 6.07) is 0. The van der Waals surface area contributed by atoms with Gasteiger partial charge in [-0.3, -0.25) is 0 Å². The molecule has 1 aliphatic carbocycles. The number of aliphatic hydroxyl groups is 4. The number of aliphatic hydroxyl groups excluding tert-OH is 3. The summed E-state index contributed by atoms with van der Waals surface area (Å²) in [5.74, 6) is -0.0869. The Bertz CT molecular complexity index is 432. The van der Waals surface area contributed by atoms with E-state index in [0.717, 1.165) is 32.1 Å². The van der Waals surface area contributed by atoms with Gasteiger partial charge in [0.15, 0.2) is 0 Å². The molecule has 0 spiro atoms. The van der Waals surface area contributed by atoms with Crippen LogP contribution in [0.1, 0.15) is 58.3 Å². The van der Waals surface area contributed by atoms with Crippen molar-refractivity contribution in [3.05, 3.63) is 37.0 Å². The first-order valence-corrected chi connectivity index (χ1v) is 9.62. The minimum absolute atomic E-state index is 0.00309. The van der Waals surface area contributed by atoms with Crippen LogP contribution in [0, 0.1) is 11.8 Å². The number of allylic oxidation sites excluding steroid dienone is 2. The lowest BCUT2D eigenvalue weighted by molar-refractivity contribution is 0.0835. The van der Waals surface area contributed by atoms with Crippen LogP contribution in [0.5, 0.6) is 0 Å². The standard InChI is InChI=1S/C21H36O4/c1-3-13-21(25,4-2)14-10-12-18-17(19(23)16-20(18)24)11-8-6-5-7-9-15-22/h4,6,8,10,12,17-20,22-25H,2-3,5,7,9,11,13-16H2,1H3/t17-,18-,19+,20-,21?/m1/s1. The van der Waals surface area contributed by atoms with Gasteiger partial charge in [0, 0.05) is 18.9 Å². The SMILES string of the molecule is C=CC(O)(CC=C[C@@H]1[C@@H](CC=CCCCCO)[C@@H](O)C[C@H]1O)CCC. The summed E-state index contributed by atoms with van der Waals surface area (Å²) in [7, 11) is 0. The van der Waals surface area contributed by atoms with Crippen molar-refractivity contribution in [2.45, 2.75) is 76.1 Å². The van der Waals surface area contributed by atoms with Gasteiger partial charge in [-0.1, -0.05) is 43.7 Å². The average molecular weight is 353 g/mol. The molecule has 0 heterocycles. The Morgan fingerprint density at radius 2 is 1.88 bits per heavy atom. The minimum atomic E-state index is -0.893. The van der Waals surface area contributed by atoms with E-state index in [1.54, 1.807) is 6.08 Å². The molecule has 0 amide bonds. The molecule has 4 heteroatoms. The summed E-state index contributed by atoms with van der Waals surface area (Å²) in [6.07, 6.45) is 14.4. The molecule has 4 nitrogen and oxygen atoms in total. The van der Waals surface area contributed by atoms with Crippen LogP contribution in [0.2, 0.25) is 0 Å². The Kier molecular flexibility index (Phi) is 10.3. The molecule has 1 rings (SSSR count). The highest BCUT2D eigenvalue weighted by molar-refractivity contribution is 5.08. The molecule has 0 aromatic heterocycles. The fraction of sp³-hybridized carbons (Fsp3) is 0.714. The molecule has 0 radical (unpaired) electrons. The molecule has 1 fully saturated rings. The van der Waals surface area contributed by atoms with E-state index in [2.05, 4.69) is 18.7 Å². The van der Waals surface area contributed by atoms with Gasteiger partial charge in [0.25, 0.3) is 0 Å². The topological polar surface area (TPSA) is 80.9 Å². The maximum absolute atomic E-state index is 10.4. The van der Waals surface area contributed by atoms with E-state index in [9.17, 15) is 15.3 Å². The largest absolute Gasteiger partial charge is 0.396 e. The molecule has 25 heavy (non-hydrogen) atoms. The summed E-state index contributed by atoms with van der Waals surface area (Å²) >= 11 is 0. The molecule has 0 saturated heterocycles. The molecular formula is C21H36O4. The van der Waals surface area contributed by atoms with Crippen molar-refractivity contribution >= 4 is 0 Å². The highest BCUT2D eigenvalue weighted by Crippen LogP contribution is 2.36. The molecule has 0 bridgehead atoms. The van der Waals surface area contributed by atoms with Crippen molar-refractivity contribution in [2.75, 3.05) is 6.61 Å². The molecule has 144 valence electrons. The first-order chi connectivity index (χ1) is 12.0. The molecular weight excluding hydrogens is 316 g/mol. The lowest BCUT2D eigenvalue weighted by Gasteiger charge is -2.23. The second kappa shape index (κ2) is 11.6. The van der Waals surface area contributed by atoms with Gasteiger partial charge >= 0.3 is 0 Å². The van der Waals surface area contributed by atoms with Gasteiger partial charge in [0.05, 0.1) is 17.8 Å². The van der Waals surface area contributed by atoms with Crippen LogP contribution in [-0.4, -0.2) is 44.8 Å². The normalized spacial score (nSPS) is 29.5. The molecule has 0 aromatic rings. The molecule has 1 saturated carbocycles. The summed E-state index contributed by atoms with van der Waals surface area (Å²) in [5.41, 5.74) is -0.893. The van der Waals surface area contributed by atoms with Crippen LogP contribution < -0.4 is 0 Å². The van der Waals surface area contributed by atoms with Crippen LogP contribution >= 0.6 is 0 Å². The van der Waals surface area contributed by atoms with E-state index in [1.807, 2.05) is 19.1 Å². The van der Waals surface area contributed by atoms with E-state index < -0.39 is 17.8 Å². The number of rotatable bonds is 12. The lowest BCUT2D eigenvalue weighted by Crippen LogP contribution is -2.24. The van der Waals surface area contributed by atoms with Gasteiger partial charge in [-0.2, -0.15) is 0 Å². The lowest BCUT2D eigenvalue weighted by atomic mass is 9.88. The van der Waals surface area contributed by atoms with Crippen molar-refractivity contribution in [1.29, 1.82) is 0 Å². The Hall–Kier alpha value is -0.940. The van der Waals surface area contributed by atoms with Gasteiger partial charge in [0.2, 0.25) is 0 Å². The maximum Gasteiger partial charge on any atom is 0.0859 e. The third-order valence-electron chi connectivity index (χ3n) is 5.16. The van der Waals surface area contributed by atoms with Crippen LogP contribution in [-0.2, 0) is 0 Å². The van der Waals surface area contributed by atoms with E-state index in [-0.39, 0.29) is 18.4 Å². The van der Waals surface area contributed by atoms with Crippen LogP contribution in [0.25, 0.3) is 0 Å². The van der Waals surface area contributed by atoms with E-state index in [0.29, 0.717) is 19.3 Å². The Balaban J connectivity index is 2.59. The highest BCUT2D eigenvalue weighted by Gasteiger charge is 2.39. The number of hydrogen-bond acceptors (Lipinski definition) is 4. The van der Waals surface area contributed by atoms with Crippen LogP contribution in [0.4, 0.5) is 0 Å². The van der Waals surface area contributed by atoms with Gasteiger partial charge in [0.1, 0.15) is 0 Å². The van der Waals surface area contributed by atoms with Crippen molar-refractivity contribution in [2.24, 2.45) is 11.8 Å². The monoisotopic (exact) mass is 352 g/mol. The molecule has 1 aliphatic rings. The zero-order chi connectivity index (χ0) is 18.7. The summed E-state index contributed by atoms with van der Waals surface area (Å²) in [6.45, 7) is 5.97. The summed E-state index contributed by atoms with van der Waals surface area (Å²) < 4.78 is 0. The van der Waals surface area contributed by atoms with Crippen molar-refractivity contribution in [3.63, 3.8) is 0 Å². The van der Waals surface area contributed by atoms with Gasteiger partial charge in [-0.25, -0.2) is 0 Å². The predicted octanol–water partition coefficient (Wildman–Crippen LogP) is 3.12. The molecule has 0 aromatic carbocycles. The Morgan fingerprint density at radius 1 is 1.12 bits per heavy atom. The quantitative estimate of drug-likeness (QED) is 0.321. The van der Waals surface area contributed by atoms with Gasteiger partial charge < -0.3 is 20.4 Å². The molecule has 0 aliphatic heterocycles. The fourth-order valence-corrected chi connectivity index (χ4v) is 3.60. The Morgan fingerprint density at radius 3 is 2.52 bits per heavy atom. The summed E-state index contributed by atoms with van der Waals surface area (Å²) in [5, 5.41) is 39.7. The van der Waals surface area contributed by atoms with Crippen molar-refractivity contribution in [1.82, 2.24) is 0 Å². The van der Waals surface area contributed by atoms with E-state index in [1.165, 1.54) is 0 Å². The molecule has 4 N–H and O–H groups in total. The highest BCUT2D eigenvalue weighted by atomic mass is 16.3. The average Bonchev–Trinajstić information content (AvgIpc) is 2.85. The van der Waals surface area contributed by atoms with E-state index >= 15 is 0 Å². The third-order valence-corrected chi connectivity index (χ3v) is 5.16. The zero-order valence-corrected chi connectivity index (χ0v) is 15.6. The van der Waals surface area contributed by atoms with Crippen molar-refractivity contribution < 1.29 is 20.4 Å². The van der Waals surface area contributed by atoms with Gasteiger partial charge in [-0.15, -0.1) is 6.58 Å². The second-order valence-electron chi connectivity index (χ2n) is 7.23. The zero-order valence-electron chi connectivity index (χ0n) is 15.6. The first kappa shape index (κ1) is 22.1. The number of hydrogen-bond donors (Lipinski definition) is 4. The molecule has 5 atom stereocenters. The smallest absolute Gasteiger partial charge is 0.0859 e. The Labute approximate surface area is 152 Å². The van der Waals surface area contributed by atoms with Crippen LogP contribution in [0.15, 0.2) is 37.0 Å². The first-order valence-electron chi connectivity index (χ1n) is 9.62. The predicted molar refractivity (Wildman–Crippen MR) is 102 cm³/mol. The van der Waals surface area contributed by atoms with Crippen molar-refractivity contribution in [3.8, 4) is 0 Å². The minimum Gasteiger partial charge on any atom is -0.396 e. The molecule has 1 unspecified atom stereocenters. The fourth-order valence-electron chi connectivity index (χ4n) is 3.60. The third kappa shape index (κ3) is 7.45. The second-order valence-corrected chi connectivity index (χ2v) is 7.23. The maximum atomic E-state index is 10.4.